The van der Waals surface area contributed by atoms with Crippen LogP contribution >= 0.6 is 0 Å². The van der Waals surface area contributed by atoms with E-state index >= 15 is 0 Å². The second-order valence-corrected chi connectivity index (χ2v) is 8.61. The van der Waals surface area contributed by atoms with Gasteiger partial charge in [0.15, 0.2) is 0 Å². The van der Waals surface area contributed by atoms with Gasteiger partial charge in [0.05, 0.1) is 16.1 Å². The number of nitrogens with one attached hydrogen (secondary N) is 2. The third-order valence-corrected chi connectivity index (χ3v) is 5.98. The van der Waals surface area contributed by atoms with Gasteiger partial charge in [-0.3, -0.25) is 9.52 Å². The first-order valence-electron chi connectivity index (χ1n) is 9.15. The second-order valence-electron chi connectivity index (χ2n) is 6.93. The number of rotatable bonds is 5. The van der Waals surface area contributed by atoms with Gasteiger partial charge in [-0.05, 0) is 61.9 Å². The molecule has 9 heteroatoms. The van der Waals surface area contributed by atoms with Gasteiger partial charge < -0.3 is 5.32 Å². The Kier molecular flexibility index (Phi) is 6.08. The molecule has 3 rings (SSSR count). The molecular formula is C22H19F3N2O3S. The van der Waals surface area contributed by atoms with Crippen molar-refractivity contribution in [2.75, 3.05) is 10.0 Å². The van der Waals surface area contributed by atoms with Crippen LogP contribution < -0.4 is 10.0 Å². The molecule has 0 aromatic heterocycles. The fraction of sp³-hybridized carbons (Fsp3) is 0.136. The number of carbonyl (C=O) groups is 1. The Morgan fingerprint density at radius 1 is 0.903 bits per heavy atom. The van der Waals surface area contributed by atoms with E-state index in [1.165, 1.54) is 42.5 Å². The first-order valence-corrected chi connectivity index (χ1v) is 10.6. The molecule has 0 aliphatic carbocycles. The molecule has 0 heterocycles. The first-order chi connectivity index (χ1) is 14.5. The van der Waals surface area contributed by atoms with E-state index in [1.807, 2.05) is 6.92 Å². The van der Waals surface area contributed by atoms with E-state index in [4.69, 9.17) is 0 Å². The van der Waals surface area contributed by atoms with Gasteiger partial charge in [0.1, 0.15) is 0 Å². The number of halogens is 3. The van der Waals surface area contributed by atoms with Crippen LogP contribution in [0.5, 0.6) is 0 Å². The highest BCUT2D eigenvalue weighted by Gasteiger charge is 2.30. The maximum absolute atomic E-state index is 12.9. The summed E-state index contributed by atoms with van der Waals surface area (Å²) in [4.78, 5) is 12.7. The van der Waals surface area contributed by atoms with Crippen molar-refractivity contribution in [2.24, 2.45) is 0 Å². The quantitative estimate of drug-likeness (QED) is 0.551. The average Bonchev–Trinajstić information content (AvgIpc) is 2.69. The molecule has 1 amide bonds. The van der Waals surface area contributed by atoms with Gasteiger partial charge in [-0.1, -0.05) is 29.8 Å². The van der Waals surface area contributed by atoms with Gasteiger partial charge in [0, 0.05) is 11.3 Å². The lowest BCUT2D eigenvalue weighted by Gasteiger charge is -2.14. The molecule has 0 aliphatic heterocycles. The summed E-state index contributed by atoms with van der Waals surface area (Å²) in [5.41, 5.74) is 0.649. The molecule has 3 aromatic carbocycles. The number of sulfonamides is 1. The van der Waals surface area contributed by atoms with E-state index in [2.05, 4.69) is 10.0 Å². The van der Waals surface area contributed by atoms with Gasteiger partial charge in [-0.15, -0.1) is 0 Å². The molecule has 162 valence electrons. The number of amides is 1. The van der Waals surface area contributed by atoms with Crippen molar-refractivity contribution in [3.05, 3.63) is 89.0 Å². The minimum absolute atomic E-state index is 0.0233. The number of carbonyl (C=O) groups excluding carboxylic acids is 1. The highest BCUT2D eigenvalue weighted by molar-refractivity contribution is 7.92. The van der Waals surface area contributed by atoms with E-state index in [-0.39, 0.29) is 21.8 Å². The standard InChI is InChI=1S/C22H19F3N2O3S/c1-14-9-11-18(12-10-14)31(29,30)27-20-8-4-7-19(15(20)2)21(28)26-17-6-3-5-16(13-17)22(23,24)25/h3-13,27H,1-2H3,(H,26,28). The van der Waals surface area contributed by atoms with Crippen LogP contribution in [0.2, 0.25) is 0 Å². The summed E-state index contributed by atoms with van der Waals surface area (Å²) in [5, 5.41) is 2.42. The fourth-order valence-corrected chi connectivity index (χ4v) is 4.01. The van der Waals surface area contributed by atoms with Crippen molar-refractivity contribution < 1.29 is 26.4 Å². The molecule has 0 aliphatic rings. The van der Waals surface area contributed by atoms with Crippen molar-refractivity contribution in [3.8, 4) is 0 Å². The zero-order chi connectivity index (χ0) is 22.8. The van der Waals surface area contributed by atoms with Gasteiger partial charge in [-0.2, -0.15) is 13.2 Å². The summed E-state index contributed by atoms with van der Waals surface area (Å²) in [7, 11) is -3.88. The molecule has 0 saturated carbocycles. The lowest BCUT2D eigenvalue weighted by atomic mass is 10.1. The molecule has 0 radical (unpaired) electrons. The Bertz CT molecular complexity index is 1220. The molecule has 2 N–H and O–H groups in total. The summed E-state index contributed by atoms with van der Waals surface area (Å²) in [6, 6.07) is 15.0. The number of hydrogen-bond acceptors (Lipinski definition) is 3. The maximum atomic E-state index is 12.9. The number of aryl methyl sites for hydroxylation is 1. The lowest BCUT2D eigenvalue weighted by molar-refractivity contribution is -0.137. The van der Waals surface area contributed by atoms with Crippen molar-refractivity contribution in [1.29, 1.82) is 0 Å². The third kappa shape index (κ3) is 5.24. The molecule has 0 bridgehead atoms. The normalized spacial score (nSPS) is 11.8. The average molecular weight is 448 g/mol. The Labute approximate surface area is 178 Å². The Balaban J connectivity index is 1.85. The number of benzene rings is 3. The van der Waals surface area contributed by atoms with Crippen LogP contribution in [0.3, 0.4) is 0 Å². The van der Waals surface area contributed by atoms with Crippen LogP contribution in [-0.2, 0) is 16.2 Å². The molecule has 0 fully saturated rings. The van der Waals surface area contributed by atoms with E-state index in [0.29, 0.717) is 5.56 Å². The minimum atomic E-state index is -4.54. The minimum Gasteiger partial charge on any atom is -0.322 e. The van der Waals surface area contributed by atoms with E-state index in [0.717, 1.165) is 17.7 Å². The Morgan fingerprint density at radius 3 is 2.19 bits per heavy atom. The zero-order valence-corrected chi connectivity index (χ0v) is 17.4. The highest BCUT2D eigenvalue weighted by atomic mass is 32.2. The van der Waals surface area contributed by atoms with Crippen LogP contribution in [0.25, 0.3) is 0 Å². The zero-order valence-electron chi connectivity index (χ0n) is 16.6. The van der Waals surface area contributed by atoms with Gasteiger partial charge in [-0.25, -0.2) is 8.42 Å². The van der Waals surface area contributed by atoms with Gasteiger partial charge in [0.25, 0.3) is 15.9 Å². The number of alkyl halides is 3. The van der Waals surface area contributed by atoms with Crippen LogP contribution in [0.1, 0.15) is 27.0 Å². The molecular weight excluding hydrogens is 429 g/mol. The SMILES string of the molecule is Cc1ccc(S(=O)(=O)Nc2cccc(C(=O)Nc3cccc(C(F)(F)F)c3)c2C)cc1. The predicted octanol–water partition coefficient (Wildman–Crippen LogP) is 5.38. The molecule has 0 saturated heterocycles. The third-order valence-electron chi connectivity index (χ3n) is 4.60. The smallest absolute Gasteiger partial charge is 0.322 e. The summed E-state index contributed by atoms with van der Waals surface area (Å²) in [5.74, 6) is -0.659. The van der Waals surface area contributed by atoms with Gasteiger partial charge >= 0.3 is 6.18 Å². The molecule has 31 heavy (non-hydrogen) atoms. The van der Waals surface area contributed by atoms with Crippen LogP contribution in [0, 0.1) is 13.8 Å². The molecule has 3 aromatic rings. The predicted molar refractivity (Wildman–Crippen MR) is 113 cm³/mol. The number of anilines is 2. The van der Waals surface area contributed by atoms with Crippen molar-refractivity contribution in [1.82, 2.24) is 0 Å². The topological polar surface area (TPSA) is 75.3 Å². The van der Waals surface area contributed by atoms with Crippen LogP contribution in [0.15, 0.2) is 71.6 Å². The second kappa shape index (κ2) is 8.43. The lowest BCUT2D eigenvalue weighted by Crippen LogP contribution is -2.17. The van der Waals surface area contributed by atoms with E-state index in [9.17, 15) is 26.4 Å². The van der Waals surface area contributed by atoms with Crippen LogP contribution in [-0.4, -0.2) is 14.3 Å². The molecule has 0 unspecified atom stereocenters. The summed E-state index contributed by atoms with van der Waals surface area (Å²) < 4.78 is 66.4. The Hall–Kier alpha value is -3.33. The number of hydrogen-bond donors (Lipinski definition) is 2. The first kappa shape index (κ1) is 22.4. The molecule has 0 spiro atoms. The van der Waals surface area contributed by atoms with Crippen molar-refractivity contribution >= 4 is 27.3 Å². The maximum Gasteiger partial charge on any atom is 0.416 e. The highest BCUT2D eigenvalue weighted by Crippen LogP contribution is 2.31. The monoisotopic (exact) mass is 448 g/mol. The molecule has 5 nitrogen and oxygen atoms in total. The van der Waals surface area contributed by atoms with Crippen molar-refractivity contribution in [2.45, 2.75) is 24.9 Å². The summed E-state index contributed by atoms with van der Waals surface area (Å²) in [6.07, 6.45) is -4.54. The van der Waals surface area contributed by atoms with Gasteiger partial charge in [0.2, 0.25) is 0 Å². The van der Waals surface area contributed by atoms with Crippen LogP contribution in [0.4, 0.5) is 24.5 Å². The largest absolute Gasteiger partial charge is 0.416 e. The van der Waals surface area contributed by atoms with E-state index in [1.54, 1.807) is 19.1 Å². The van der Waals surface area contributed by atoms with Crippen molar-refractivity contribution in [3.63, 3.8) is 0 Å². The Morgan fingerprint density at radius 2 is 1.55 bits per heavy atom. The fourth-order valence-electron chi connectivity index (χ4n) is 2.89. The summed E-state index contributed by atoms with van der Waals surface area (Å²) >= 11 is 0. The molecule has 0 atom stereocenters. The summed E-state index contributed by atoms with van der Waals surface area (Å²) in [6.45, 7) is 3.38. The van der Waals surface area contributed by atoms with E-state index < -0.39 is 27.7 Å².